The van der Waals surface area contributed by atoms with Crippen LogP contribution in [0.2, 0.25) is 10.0 Å². The molecule has 0 unspecified atom stereocenters. The number of carbonyl (C=O) groups is 2. The van der Waals surface area contributed by atoms with E-state index in [4.69, 9.17) is 23.2 Å². The molecular weight excluding hydrogens is 373 g/mol. The highest BCUT2D eigenvalue weighted by molar-refractivity contribution is 6.36. The number of halogens is 2. The number of aromatic nitrogens is 1. The van der Waals surface area contributed by atoms with Crippen molar-refractivity contribution in [1.29, 1.82) is 0 Å². The monoisotopic (exact) mass is 387 g/mol. The van der Waals surface area contributed by atoms with Crippen molar-refractivity contribution in [2.45, 2.75) is 6.92 Å². The molecule has 0 saturated carbocycles. The molecule has 0 aliphatic rings. The summed E-state index contributed by atoms with van der Waals surface area (Å²) in [5.41, 5.74) is 1.69. The molecule has 7 heteroatoms. The van der Waals surface area contributed by atoms with Gasteiger partial charge >= 0.3 is 0 Å². The highest BCUT2D eigenvalue weighted by atomic mass is 35.5. The Bertz CT molecular complexity index is 986. The van der Waals surface area contributed by atoms with Crippen LogP contribution < -0.4 is 10.2 Å². The smallest absolute Gasteiger partial charge is 0.244 e. The average molecular weight is 388 g/mol. The van der Waals surface area contributed by atoms with Crippen LogP contribution in [0.1, 0.15) is 6.92 Å². The van der Waals surface area contributed by atoms with Gasteiger partial charge in [-0.3, -0.25) is 14.6 Å². The van der Waals surface area contributed by atoms with Gasteiger partial charge in [0.1, 0.15) is 6.54 Å². The number of carbonyl (C=O) groups excluding carboxylic acids is 2. The van der Waals surface area contributed by atoms with Gasteiger partial charge in [-0.25, -0.2) is 0 Å². The molecule has 0 saturated heterocycles. The molecule has 0 fully saturated rings. The fraction of sp³-hybridized carbons (Fsp3) is 0.105. The predicted octanol–water partition coefficient (Wildman–Crippen LogP) is 4.53. The van der Waals surface area contributed by atoms with Crippen molar-refractivity contribution in [1.82, 2.24) is 4.98 Å². The molecule has 1 aromatic heterocycles. The maximum Gasteiger partial charge on any atom is 0.244 e. The third-order valence-electron chi connectivity index (χ3n) is 3.79. The zero-order valence-corrected chi connectivity index (χ0v) is 15.4. The van der Waals surface area contributed by atoms with Gasteiger partial charge in [-0.1, -0.05) is 41.4 Å². The quantitative estimate of drug-likeness (QED) is 0.714. The SMILES string of the molecule is CC(=O)N(CC(=O)Nc1cccc2cccnc12)c1ccc(Cl)cc1Cl. The molecule has 0 bridgehead atoms. The Kier molecular flexibility index (Phi) is 5.40. The normalized spacial score (nSPS) is 10.6. The van der Waals surface area contributed by atoms with Gasteiger partial charge in [-0.15, -0.1) is 0 Å². The fourth-order valence-corrected chi connectivity index (χ4v) is 3.12. The third-order valence-corrected chi connectivity index (χ3v) is 4.33. The first kappa shape index (κ1) is 18.2. The predicted molar refractivity (Wildman–Crippen MR) is 105 cm³/mol. The Morgan fingerprint density at radius 2 is 1.88 bits per heavy atom. The third kappa shape index (κ3) is 3.95. The molecule has 3 rings (SSSR count). The van der Waals surface area contributed by atoms with E-state index in [0.717, 1.165) is 5.39 Å². The number of fused-ring (bicyclic) bond motifs is 1. The summed E-state index contributed by atoms with van der Waals surface area (Å²) in [4.78, 5) is 30.1. The summed E-state index contributed by atoms with van der Waals surface area (Å²) in [6, 6.07) is 14.0. The summed E-state index contributed by atoms with van der Waals surface area (Å²) < 4.78 is 0. The summed E-state index contributed by atoms with van der Waals surface area (Å²) >= 11 is 12.1. The Labute approximate surface area is 160 Å². The lowest BCUT2D eigenvalue weighted by molar-refractivity contribution is -0.120. The van der Waals surface area contributed by atoms with Crippen molar-refractivity contribution in [2.24, 2.45) is 0 Å². The van der Waals surface area contributed by atoms with Crippen molar-refractivity contribution in [3.63, 3.8) is 0 Å². The van der Waals surface area contributed by atoms with Crippen LogP contribution in [0.3, 0.4) is 0 Å². The molecule has 0 radical (unpaired) electrons. The maximum atomic E-state index is 12.5. The van der Waals surface area contributed by atoms with Crippen LogP contribution in [-0.2, 0) is 9.59 Å². The van der Waals surface area contributed by atoms with Gasteiger partial charge in [-0.05, 0) is 30.3 Å². The molecule has 132 valence electrons. The van der Waals surface area contributed by atoms with Crippen molar-refractivity contribution in [3.05, 3.63) is 64.8 Å². The van der Waals surface area contributed by atoms with Gasteiger partial charge in [0.05, 0.1) is 21.9 Å². The van der Waals surface area contributed by atoms with Crippen LogP contribution in [0.5, 0.6) is 0 Å². The molecule has 1 N–H and O–H groups in total. The maximum absolute atomic E-state index is 12.5. The largest absolute Gasteiger partial charge is 0.323 e. The number of benzene rings is 2. The number of nitrogens with one attached hydrogen (secondary N) is 1. The number of para-hydroxylation sites is 1. The molecule has 2 amide bonds. The summed E-state index contributed by atoms with van der Waals surface area (Å²) in [6.07, 6.45) is 1.66. The number of amides is 2. The van der Waals surface area contributed by atoms with Crippen molar-refractivity contribution in [2.75, 3.05) is 16.8 Å². The van der Waals surface area contributed by atoms with E-state index >= 15 is 0 Å². The fourth-order valence-electron chi connectivity index (χ4n) is 2.60. The molecule has 0 aliphatic heterocycles. The minimum Gasteiger partial charge on any atom is -0.323 e. The summed E-state index contributed by atoms with van der Waals surface area (Å²) in [7, 11) is 0. The van der Waals surface area contributed by atoms with Crippen LogP contribution in [0.25, 0.3) is 10.9 Å². The van der Waals surface area contributed by atoms with E-state index in [1.54, 1.807) is 24.4 Å². The average Bonchev–Trinajstić information content (AvgIpc) is 2.60. The van der Waals surface area contributed by atoms with Crippen LogP contribution in [0.4, 0.5) is 11.4 Å². The minimum absolute atomic E-state index is 0.181. The van der Waals surface area contributed by atoms with Gasteiger partial charge in [-0.2, -0.15) is 0 Å². The number of rotatable bonds is 4. The zero-order chi connectivity index (χ0) is 18.7. The summed E-state index contributed by atoms with van der Waals surface area (Å²) in [6.45, 7) is 1.19. The van der Waals surface area contributed by atoms with E-state index in [9.17, 15) is 9.59 Å². The van der Waals surface area contributed by atoms with E-state index < -0.39 is 0 Å². The number of hydrogen-bond acceptors (Lipinski definition) is 3. The standard InChI is InChI=1S/C19H15Cl2N3O2/c1-12(25)24(17-8-7-14(20)10-15(17)21)11-18(26)23-16-6-2-4-13-5-3-9-22-19(13)16/h2-10H,11H2,1H3,(H,23,26). The Hall–Kier alpha value is -2.63. The second kappa shape index (κ2) is 7.72. The molecule has 0 aliphatic carbocycles. The van der Waals surface area contributed by atoms with Gasteiger partial charge in [0.2, 0.25) is 11.8 Å². The van der Waals surface area contributed by atoms with Gasteiger partial charge in [0.25, 0.3) is 0 Å². The number of hydrogen-bond donors (Lipinski definition) is 1. The number of nitrogens with zero attached hydrogens (tertiary/aromatic N) is 2. The van der Waals surface area contributed by atoms with E-state index in [0.29, 0.717) is 26.9 Å². The summed E-state index contributed by atoms with van der Waals surface area (Å²) in [5, 5.41) is 4.47. The van der Waals surface area contributed by atoms with Gasteiger partial charge < -0.3 is 10.2 Å². The minimum atomic E-state index is -0.357. The molecule has 26 heavy (non-hydrogen) atoms. The van der Waals surface area contributed by atoms with Crippen molar-refractivity contribution < 1.29 is 9.59 Å². The second-order valence-corrected chi connectivity index (χ2v) is 6.47. The molecule has 5 nitrogen and oxygen atoms in total. The van der Waals surface area contributed by atoms with Crippen LogP contribution in [0.15, 0.2) is 54.7 Å². The Morgan fingerprint density at radius 3 is 2.62 bits per heavy atom. The number of anilines is 2. The molecule has 0 spiro atoms. The lowest BCUT2D eigenvalue weighted by Gasteiger charge is -2.22. The highest BCUT2D eigenvalue weighted by Gasteiger charge is 2.19. The molecule has 1 heterocycles. The first-order chi connectivity index (χ1) is 12.5. The van der Waals surface area contributed by atoms with Gasteiger partial charge in [0, 0.05) is 23.5 Å². The topological polar surface area (TPSA) is 62.3 Å². The molecular formula is C19H15Cl2N3O2. The van der Waals surface area contributed by atoms with E-state index in [1.165, 1.54) is 17.9 Å². The molecule has 2 aromatic carbocycles. The van der Waals surface area contributed by atoms with Crippen molar-refractivity contribution in [3.8, 4) is 0 Å². The van der Waals surface area contributed by atoms with E-state index in [-0.39, 0.29) is 18.4 Å². The lowest BCUT2D eigenvalue weighted by Crippen LogP contribution is -2.36. The zero-order valence-electron chi connectivity index (χ0n) is 13.9. The first-order valence-electron chi connectivity index (χ1n) is 7.82. The van der Waals surface area contributed by atoms with Gasteiger partial charge in [0.15, 0.2) is 0 Å². The second-order valence-electron chi connectivity index (χ2n) is 5.63. The summed E-state index contributed by atoms with van der Waals surface area (Å²) in [5.74, 6) is -0.662. The van der Waals surface area contributed by atoms with E-state index in [1.807, 2.05) is 24.3 Å². The number of pyridine rings is 1. The Morgan fingerprint density at radius 1 is 1.12 bits per heavy atom. The van der Waals surface area contributed by atoms with E-state index in [2.05, 4.69) is 10.3 Å². The lowest BCUT2D eigenvalue weighted by atomic mass is 10.2. The first-order valence-corrected chi connectivity index (χ1v) is 8.58. The molecule has 0 atom stereocenters. The van der Waals surface area contributed by atoms with Crippen molar-refractivity contribution >= 4 is 57.3 Å². The van der Waals surface area contributed by atoms with Crippen LogP contribution >= 0.6 is 23.2 Å². The van der Waals surface area contributed by atoms with Crippen LogP contribution in [0, 0.1) is 0 Å². The Balaban J connectivity index is 1.83. The molecule has 3 aromatic rings. The van der Waals surface area contributed by atoms with Crippen LogP contribution in [-0.4, -0.2) is 23.3 Å². The highest BCUT2D eigenvalue weighted by Crippen LogP contribution is 2.29.